The van der Waals surface area contributed by atoms with Gasteiger partial charge >= 0.3 is 0 Å². The summed E-state index contributed by atoms with van der Waals surface area (Å²) < 4.78 is 13.4. The molecule has 2 saturated carbocycles. The molecule has 0 bridgehead atoms. The first kappa shape index (κ1) is 20.9. The van der Waals surface area contributed by atoms with Crippen LogP contribution in [0.25, 0.3) is 11.2 Å². The zero-order chi connectivity index (χ0) is 22.5. The molecule has 0 aromatic carbocycles. The lowest BCUT2D eigenvalue weighted by Crippen LogP contribution is -2.29. The number of hydrogen-bond acceptors (Lipinski definition) is 11. The fourth-order valence-corrected chi connectivity index (χ4v) is 5.22. The Labute approximate surface area is 189 Å². The highest BCUT2D eigenvalue weighted by atomic mass is 16.6. The number of nitrogens with zero attached hydrogens (tertiary/aromatic N) is 6. The van der Waals surface area contributed by atoms with Crippen molar-refractivity contribution in [2.75, 3.05) is 5.32 Å². The van der Waals surface area contributed by atoms with Crippen LogP contribution in [0.3, 0.4) is 0 Å². The average Bonchev–Trinajstić information content (AvgIpc) is 3.62. The van der Waals surface area contributed by atoms with Crippen molar-refractivity contribution in [3.8, 4) is 0 Å². The minimum atomic E-state index is -1.25. The summed E-state index contributed by atoms with van der Waals surface area (Å²) in [5, 5.41) is 43.1. The maximum Gasteiger partial charge on any atom is 0.248 e. The Morgan fingerprint density at radius 3 is 2.52 bits per heavy atom. The zero-order valence-corrected chi connectivity index (χ0v) is 18.0. The van der Waals surface area contributed by atoms with E-state index in [0.29, 0.717) is 22.9 Å². The normalized spacial score (nSPS) is 32.8. The third kappa shape index (κ3) is 3.57. The predicted octanol–water partition coefficient (Wildman–Crippen LogP) is 1.18. The molecule has 0 radical (unpaired) electrons. The molecule has 3 aromatic heterocycles. The largest absolute Gasteiger partial charge is 0.422 e. The van der Waals surface area contributed by atoms with Crippen LogP contribution in [0.5, 0.6) is 0 Å². The molecule has 3 aliphatic rings. The Hall–Kier alpha value is -2.67. The van der Waals surface area contributed by atoms with Crippen molar-refractivity contribution >= 4 is 17.0 Å². The van der Waals surface area contributed by atoms with E-state index in [9.17, 15) is 15.3 Å². The first-order valence-electron chi connectivity index (χ1n) is 11.6. The standard InChI is InChI=1S/C21H27N7O5/c29-12-7-3-6-11(12)25-17-13-18(23-8-22-17)28(9-24-13)21-15(31)14(30)16(32-21)20-27-26-19(33-20)10-4-1-2-5-10/h8-12,14-16,21,29-31H,1-7H2,(H,22,23,25)/t11-,12-,14-,15+,16-,21+/m0/s1. The lowest BCUT2D eigenvalue weighted by Gasteiger charge is -2.18. The smallest absolute Gasteiger partial charge is 0.248 e. The summed E-state index contributed by atoms with van der Waals surface area (Å²) in [4.78, 5) is 13.0. The van der Waals surface area contributed by atoms with E-state index in [4.69, 9.17) is 9.15 Å². The van der Waals surface area contributed by atoms with E-state index in [1.54, 1.807) is 4.57 Å². The number of rotatable bonds is 5. The summed E-state index contributed by atoms with van der Waals surface area (Å²) >= 11 is 0. The Bertz CT molecular complexity index is 1130. The second kappa shape index (κ2) is 8.28. The molecule has 12 heteroatoms. The van der Waals surface area contributed by atoms with Gasteiger partial charge in [0.05, 0.1) is 18.5 Å². The molecule has 0 spiro atoms. The molecule has 0 amide bonds. The first-order chi connectivity index (χ1) is 16.1. The number of aliphatic hydroxyl groups excluding tert-OH is 3. The Morgan fingerprint density at radius 2 is 1.73 bits per heavy atom. The molecule has 4 heterocycles. The fourth-order valence-electron chi connectivity index (χ4n) is 5.22. The van der Waals surface area contributed by atoms with Gasteiger partial charge in [0.2, 0.25) is 11.8 Å². The molecule has 33 heavy (non-hydrogen) atoms. The number of ether oxygens (including phenoxy) is 1. The lowest BCUT2D eigenvalue weighted by atomic mass is 10.1. The van der Waals surface area contributed by atoms with Gasteiger partial charge in [-0.2, -0.15) is 0 Å². The minimum Gasteiger partial charge on any atom is -0.422 e. The molecular formula is C21H27N7O5. The fraction of sp³-hybridized carbons (Fsp3) is 0.667. The number of nitrogens with one attached hydrogen (secondary N) is 1. The third-order valence-corrected chi connectivity index (χ3v) is 7.08. The molecule has 2 aliphatic carbocycles. The highest BCUT2D eigenvalue weighted by Gasteiger charge is 2.48. The molecule has 0 unspecified atom stereocenters. The van der Waals surface area contributed by atoms with E-state index in [-0.39, 0.29) is 17.9 Å². The van der Waals surface area contributed by atoms with E-state index in [1.807, 2.05) is 0 Å². The van der Waals surface area contributed by atoms with Crippen LogP contribution in [0.2, 0.25) is 0 Å². The van der Waals surface area contributed by atoms with Crippen LogP contribution in [0.4, 0.5) is 5.82 Å². The van der Waals surface area contributed by atoms with E-state index in [0.717, 1.165) is 44.9 Å². The quantitative estimate of drug-likeness (QED) is 0.435. The van der Waals surface area contributed by atoms with Gasteiger partial charge in [0.1, 0.15) is 18.5 Å². The van der Waals surface area contributed by atoms with Crippen LogP contribution in [-0.2, 0) is 4.74 Å². The second-order valence-corrected chi connectivity index (χ2v) is 9.18. The number of imidazole rings is 1. The number of aliphatic hydroxyl groups is 3. The van der Waals surface area contributed by atoms with Crippen molar-refractivity contribution in [2.45, 2.75) is 87.5 Å². The first-order valence-corrected chi connectivity index (χ1v) is 11.6. The van der Waals surface area contributed by atoms with Crippen LogP contribution < -0.4 is 5.32 Å². The summed E-state index contributed by atoms with van der Waals surface area (Å²) in [6.45, 7) is 0. The van der Waals surface area contributed by atoms with Crippen molar-refractivity contribution in [1.82, 2.24) is 29.7 Å². The summed E-state index contributed by atoms with van der Waals surface area (Å²) in [6, 6.07) is -0.0978. The van der Waals surface area contributed by atoms with Crippen molar-refractivity contribution in [1.29, 1.82) is 0 Å². The minimum absolute atomic E-state index is 0.0978. The summed E-state index contributed by atoms with van der Waals surface area (Å²) in [5.74, 6) is 1.46. The van der Waals surface area contributed by atoms with Crippen molar-refractivity contribution < 1.29 is 24.5 Å². The molecule has 3 fully saturated rings. The molecule has 12 nitrogen and oxygen atoms in total. The highest BCUT2D eigenvalue weighted by Crippen LogP contribution is 2.41. The van der Waals surface area contributed by atoms with Crippen LogP contribution in [0, 0.1) is 0 Å². The molecule has 1 aliphatic heterocycles. The SMILES string of the molecule is O[C@@H]1[C@H](O)[C@@H](c2nnc(C3CCCC3)o2)O[C@H]1n1cnc2c(N[C@H]3CCC[C@@H]3O)ncnc21. The highest BCUT2D eigenvalue weighted by molar-refractivity contribution is 5.82. The topological polar surface area (TPSA) is 164 Å². The van der Waals surface area contributed by atoms with Gasteiger partial charge in [-0.25, -0.2) is 15.0 Å². The maximum atomic E-state index is 10.8. The van der Waals surface area contributed by atoms with Gasteiger partial charge in [-0.1, -0.05) is 12.8 Å². The average molecular weight is 457 g/mol. The maximum absolute atomic E-state index is 10.8. The van der Waals surface area contributed by atoms with E-state index < -0.39 is 30.6 Å². The van der Waals surface area contributed by atoms with Crippen LogP contribution in [0.15, 0.2) is 17.1 Å². The summed E-state index contributed by atoms with van der Waals surface area (Å²) in [6.07, 6.45) is 4.88. The van der Waals surface area contributed by atoms with Crippen molar-refractivity contribution in [3.63, 3.8) is 0 Å². The second-order valence-electron chi connectivity index (χ2n) is 9.18. The lowest BCUT2D eigenvalue weighted by molar-refractivity contribution is -0.0440. The summed E-state index contributed by atoms with van der Waals surface area (Å²) in [7, 11) is 0. The van der Waals surface area contributed by atoms with Gasteiger partial charge in [-0.15, -0.1) is 10.2 Å². The van der Waals surface area contributed by atoms with Gasteiger partial charge < -0.3 is 29.8 Å². The molecule has 6 atom stereocenters. The molecular weight excluding hydrogens is 430 g/mol. The molecule has 4 N–H and O–H groups in total. The van der Waals surface area contributed by atoms with Gasteiger partial charge in [0, 0.05) is 5.92 Å². The molecule has 1 saturated heterocycles. The third-order valence-electron chi connectivity index (χ3n) is 7.08. The van der Waals surface area contributed by atoms with Crippen molar-refractivity contribution in [2.24, 2.45) is 0 Å². The van der Waals surface area contributed by atoms with Crippen molar-refractivity contribution in [3.05, 3.63) is 24.4 Å². The molecule has 176 valence electrons. The van der Waals surface area contributed by atoms with Gasteiger partial charge in [-0.05, 0) is 32.1 Å². The van der Waals surface area contributed by atoms with Gasteiger partial charge in [0.25, 0.3) is 0 Å². The monoisotopic (exact) mass is 457 g/mol. The predicted molar refractivity (Wildman–Crippen MR) is 113 cm³/mol. The number of hydrogen-bond donors (Lipinski definition) is 4. The Kier molecular flexibility index (Phi) is 5.24. The van der Waals surface area contributed by atoms with Crippen LogP contribution in [-0.4, -0.2) is 69.4 Å². The molecule has 6 rings (SSSR count). The van der Waals surface area contributed by atoms with Gasteiger partial charge in [-0.3, -0.25) is 4.57 Å². The molecule has 3 aromatic rings. The van der Waals surface area contributed by atoms with E-state index in [2.05, 4.69) is 30.5 Å². The van der Waals surface area contributed by atoms with Crippen LogP contribution >= 0.6 is 0 Å². The number of aromatic nitrogens is 6. The number of anilines is 1. The Balaban J connectivity index is 1.26. The van der Waals surface area contributed by atoms with Gasteiger partial charge in [0.15, 0.2) is 29.3 Å². The van der Waals surface area contributed by atoms with Crippen LogP contribution in [0.1, 0.15) is 75.0 Å². The summed E-state index contributed by atoms with van der Waals surface area (Å²) in [5.41, 5.74) is 0.931. The van der Waals surface area contributed by atoms with E-state index in [1.165, 1.54) is 12.7 Å². The Morgan fingerprint density at radius 1 is 0.909 bits per heavy atom. The zero-order valence-electron chi connectivity index (χ0n) is 18.0. The van der Waals surface area contributed by atoms with E-state index >= 15 is 0 Å². The number of fused-ring (bicyclic) bond motifs is 1.